The molecule has 0 amide bonds. The third-order valence-electron chi connectivity index (χ3n) is 23.8. The number of fused-ring (bicyclic) bond motifs is 11. The molecule has 7 nitrogen and oxygen atoms in total. The molecule has 4 heterocycles. The van der Waals surface area contributed by atoms with Crippen molar-refractivity contribution in [2.24, 2.45) is 0 Å². The summed E-state index contributed by atoms with van der Waals surface area (Å²) in [6.07, 6.45) is 0. The molecule has 0 atom stereocenters. The van der Waals surface area contributed by atoms with E-state index in [1.54, 1.807) is 0 Å². The van der Waals surface area contributed by atoms with E-state index in [1.807, 2.05) is 17.8 Å². The van der Waals surface area contributed by atoms with Crippen LogP contribution in [0.4, 0.5) is 68.2 Å². The quantitative estimate of drug-likeness (QED) is 0.102. The molecule has 0 N–H and O–H groups in total. The van der Waals surface area contributed by atoms with Gasteiger partial charge in [-0.3, -0.25) is 0 Å². The molecule has 8 heteroatoms. The van der Waals surface area contributed by atoms with Crippen molar-refractivity contribution in [2.45, 2.75) is 9.79 Å². The Kier molecular flexibility index (Phi) is 17.0. The van der Waals surface area contributed by atoms with E-state index in [0.717, 1.165) is 141 Å². The first-order valence-electron chi connectivity index (χ1n) is 40.8. The lowest BCUT2D eigenvalue weighted by Crippen LogP contribution is -2.16. The number of aromatic nitrogens is 2. The average molecular weight is 1550 g/mol. The van der Waals surface area contributed by atoms with Crippen LogP contribution in [0.2, 0.25) is 0 Å². The number of rotatable bonds is 15. The molecule has 0 unspecified atom stereocenters. The van der Waals surface area contributed by atoms with Crippen molar-refractivity contribution in [3.8, 4) is 78.5 Å². The molecule has 564 valence electrons. The zero-order valence-electron chi connectivity index (χ0n) is 65.2. The smallest absolute Gasteiger partial charge is 0.153 e. The van der Waals surface area contributed by atoms with E-state index in [2.05, 4.69) is 472 Å². The molecule has 23 rings (SSSR count). The second-order valence-electron chi connectivity index (χ2n) is 30.8. The number of ether oxygens (including phenoxy) is 1. The number of nitrogens with zero attached hydrogens (tertiary/aromatic N) is 6. The molecule has 19 aromatic carbocycles. The molecule has 0 fully saturated rings. The summed E-state index contributed by atoms with van der Waals surface area (Å²) in [5.41, 5.74) is 31.2. The zero-order valence-corrected chi connectivity index (χ0v) is 66.0. The fourth-order valence-electron chi connectivity index (χ4n) is 18.1. The Hall–Kier alpha value is -15.6. The Bertz CT molecular complexity index is 7500. The lowest BCUT2D eigenvalue weighted by atomic mass is 10.00. The van der Waals surface area contributed by atoms with Crippen LogP contribution < -0.4 is 24.3 Å². The van der Waals surface area contributed by atoms with E-state index in [0.29, 0.717) is 0 Å². The van der Waals surface area contributed by atoms with E-state index in [-0.39, 0.29) is 0 Å². The summed E-state index contributed by atoms with van der Waals surface area (Å²) in [6.45, 7) is 0. The van der Waals surface area contributed by atoms with Crippen LogP contribution in [0.25, 0.3) is 121 Å². The minimum absolute atomic E-state index is 0.766. The van der Waals surface area contributed by atoms with Crippen LogP contribution in [0.3, 0.4) is 0 Å². The van der Waals surface area contributed by atoms with Crippen LogP contribution in [0.5, 0.6) is 11.5 Å². The third kappa shape index (κ3) is 12.2. The highest BCUT2D eigenvalue weighted by Crippen LogP contribution is 2.56. The van der Waals surface area contributed by atoms with Gasteiger partial charge in [-0.05, 0) is 249 Å². The maximum atomic E-state index is 6.92. The lowest BCUT2D eigenvalue weighted by Gasteiger charge is -2.34. The summed E-state index contributed by atoms with van der Waals surface area (Å²) in [6, 6.07) is 163. The molecule has 2 aromatic heterocycles. The molecule has 0 saturated heterocycles. The monoisotopic (exact) mass is 1550 g/mol. The Morgan fingerprint density at radius 2 is 0.583 bits per heavy atom. The van der Waals surface area contributed by atoms with Crippen molar-refractivity contribution < 1.29 is 4.74 Å². The van der Waals surface area contributed by atoms with Crippen molar-refractivity contribution in [1.29, 1.82) is 0 Å². The standard InChI is InChI=1S/C112H74N6OS/c1-6-23-75(24-7-1)84-52-66-106-111(72-84)120-112-73-85(79-43-56-91(57-44-79)114(87-29-10-3-11-30-87)100-39-22-26-80-25-16-17-35-95(80)100)53-67-107(112)118(106)93-60-47-77(48-61-93)82-51-65-103-99(70-82)97-63-49-83(71-108(97)116(103)89-33-14-5-15-34-89)78-41-54-90(55-42-78)113(86-27-8-2-9-28-86)94-62-68-105-110(74-94)119-109-40-21-20-38-104(109)117(105)92-58-45-76(46-59-92)81-50-64-102-98(69-81)96-36-18-19-37-101(96)115(102)88-31-12-4-13-32-88/h1-74H. The zero-order chi connectivity index (χ0) is 79.1. The fraction of sp³-hybridized carbons (Fsp3) is 0. The number of hydrogen-bond donors (Lipinski definition) is 0. The summed E-state index contributed by atoms with van der Waals surface area (Å²) in [4.78, 5) is 11.9. The number of benzene rings is 19. The van der Waals surface area contributed by atoms with Gasteiger partial charge < -0.3 is 33.5 Å². The van der Waals surface area contributed by atoms with Crippen LogP contribution in [0.15, 0.2) is 459 Å². The van der Waals surface area contributed by atoms with Crippen molar-refractivity contribution in [3.05, 3.63) is 449 Å². The van der Waals surface area contributed by atoms with Crippen LogP contribution in [0, 0.1) is 0 Å². The van der Waals surface area contributed by atoms with Gasteiger partial charge in [-0.1, -0.05) is 267 Å². The molecule has 0 saturated carbocycles. The number of para-hydroxylation sites is 7. The molecule has 2 aliphatic rings. The first kappa shape index (κ1) is 69.9. The second kappa shape index (κ2) is 29.3. The summed E-state index contributed by atoms with van der Waals surface area (Å²) in [5.74, 6) is 1.56. The number of hydrogen-bond acceptors (Lipinski definition) is 6. The maximum absolute atomic E-state index is 6.92. The second-order valence-corrected chi connectivity index (χ2v) is 31.9. The SMILES string of the molecule is c1ccc(-c2ccc3c(c2)Sc2cc(-c4ccc(N(c5ccccc5)c5cccc6ccccc56)cc4)ccc2N3c2ccc(-c3ccc4c(c3)c3ccc(-c5ccc(N(c6ccccc6)c6ccc7c(c6)Oc6ccccc6N7c6ccc(-c7ccc8c(c7)c7ccccc7n8-c7ccccc7)cc6)cc5)cc3n4-c3ccccc3)cc2)cc1. The first-order chi connectivity index (χ1) is 59.5. The van der Waals surface area contributed by atoms with Gasteiger partial charge in [0.05, 0.1) is 50.5 Å². The molecule has 120 heavy (non-hydrogen) atoms. The van der Waals surface area contributed by atoms with Crippen molar-refractivity contribution >= 4 is 134 Å². The molecule has 0 spiro atoms. The minimum atomic E-state index is 0.766. The van der Waals surface area contributed by atoms with E-state index < -0.39 is 0 Å². The molecule has 0 aliphatic carbocycles. The van der Waals surface area contributed by atoms with Gasteiger partial charge in [0.25, 0.3) is 0 Å². The summed E-state index contributed by atoms with van der Waals surface area (Å²) in [5, 5.41) is 7.26. The molecular formula is C112H74N6OS. The summed E-state index contributed by atoms with van der Waals surface area (Å²) < 4.78 is 11.7. The molecule has 0 radical (unpaired) electrons. The summed E-state index contributed by atoms with van der Waals surface area (Å²) >= 11 is 1.85. The normalized spacial score (nSPS) is 12.2. The predicted octanol–water partition coefficient (Wildman–Crippen LogP) is 31.8. The molecule has 21 aromatic rings. The predicted molar refractivity (Wildman–Crippen MR) is 503 cm³/mol. The van der Waals surface area contributed by atoms with Crippen LogP contribution in [0.1, 0.15) is 0 Å². The fourth-order valence-corrected chi connectivity index (χ4v) is 19.3. The molecular weight excluding hydrogens is 1480 g/mol. The Balaban J connectivity index is 0.547. The number of anilines is 12. The largest absolute Gasteiger partial charge is 0.453 e. The average Bonchev–Trinajstić information content (AvgIpc) is 1.51. The van der Waals surface area contributed by atoms with Crippen LogP contribution in [-0.4, -0.2) is 9.13 Å². The lowest BCUT2D eigenvalue weighted by molar-refractivity contribution is 0.477. The Morgan fingerprint density at radius 1 is 0.200 bits per heavy atom. The van der Waals surface area contributed by atoms with E-state index >= 15 is 0 Å². The van der Waals surface area contributed by atoms with Crippen LogP contribution in [-0.2, 0) is 0 Å². The van der Waals surface area contributed by atoms with Crippen molar-refractivity contribution in [1.82, 2.24) is 9.13 Å². The highest BCUT2D eigenvalue weighted by atomic mass is 32.2. The highest BCUT2D eigenvalue weighted by Gasteiger charge is 2.30. The topological polar surface area (TPSA) is 32.1 Å². The molecule has 0 bridgehead atoms. The van der Waals surface area contributed by atoms with Crippen molar-refractivity contribution in [3.63, 3.8) is 0 Å². The van der Waals surface area contributed by atoms with E-state index in [1.165, 1.54) is 69.8 Å². The van der Waals surface area contributed by atoms with Crippen molar-refractivity contribution in [2.75, 3.05) is 19.6 Å². The van der Waals surface area contributed by atoms with E-state index in [9.17, 15) is 0 Å². The van der Waals surface area contributed by atoms with Gasteiger partial charge in [-0.15, -0.1) is 0 Å². The van der Waals surface area contributed by atoms with Gasteiger partial charge in [0.15, 0.2) is 11.5 Å². The van der Waals surface area contributed by atoms with Gasteiger partial charge >= 0.3 is 0 Å². The van der Waals surface area contributed by atoms with Gasteiger partial charge in [-0.25, -0.2) is 0 Å². The highest BCUT2D eigenvalue weighted by molar-refractivity contribution is 7.99. The van der Waals surface area contributed by atoms with Gasteiger partial charge in [0.1, 0.15) is 0 Å². The van der Waals surface area contributed by atoms with E-state index in [4.69, 9.17) is 4.74 Å². The summed E-state index contributed by atoms with van der Waals surface area (Å²) in [7, 11) is 0. The first-order valence-corrected chi connectivity index (χ1v) is 41.7. The van der Waals surface area contributed by atoms with Gasteiger partial charge in [0.2, 0.25) is 0 Å². The minimum Gasteiger partial charge on any atom is -0.453 e. The maximum Gasteiger partial charge on any atom is 0.153 e. The van der Waals surface area contributed by atoms with Gasteiger partial charge in [-0.2, -0.15) is 0 Å². The Labute approximate surface area is 700 Å². The van der Waals surface area contributed by atoms with Crippen LogP contribution >= 0.6 is 11.8 Å². The molecule has 2 aliphatic heterocycles. The Morgan fingerprint density at radius 3 is 1.18 bits per heavy atom. The van der Waals surface area contributed by atoms with Gasteiger partial charge in [0, 0.05) is 94.0 Å². The third-order valence-corrected chi connectivity index (χ3v) is 24.9.